The molecule has 0 radical (unpaired) electrons. The number of thioether (sulfide) groups is 1. The number of nitrogens with zero attached hydrogens (tertiary/aromatic N) is 3. The number of benzene rings is 1. The molecule has 0 fully saturated rings. The molecule has 0 unspecified atom stereocenters. The normalized spacial score (nSPS) is 12.3. The number of pyridine rings is 1. The van der Waals surface area contributed by atoms with Gasteiger partial charge in [-0.05, 0) is 37.0 Å². The minimum atomic E-state index is -0.132. The van der Waals surface area contributed by atoms with E-state index >= 15 is 0 Å². The third-order valence-corrected chi connectivity index (χ3v) is 5.65. The van der Waals surface area contributed by atoms with Crippen LogP contribution in [0.3, 0.4) is 0 Å². The number of hydrogen-bond acceptors (Lipinski definition) is 5. The molecule has 2 aromatic heterocycles. The van der Waals surface area contributed by atoms with Crippen LogP contribution in [0.5, 0.6) is 0 Å². The van der Waals surface area contributed by atoms with Gasteiger partial charge in [0.2, 0.25) is 5.95 Å². The van der Waals surface area contributed by atoms with Gasteiger partial charge < -0.3 is 5.32 Å². The summed E-state index contributed by atoms with van der Waals surface area (Å²) in [7, 11) is 1.73. The zero-order valence-corrected chi connectivity index (χ0v) is 17.3. The van der Waals surface area contributed by atoms with Gasteiger partial charge in [-0.15, -0.1) is 0 Å². The summed E-state index contributed by atoms with van der Waals surface area (Å²) in [5, 5.41) is 4.67. The zero-order valence-electron chi connectivity index (χ0n) is 15.7. The second-order valence-electron chi connectivity index (χ2n) is 6.41. The molecule has 1 aromatic carbocycles. The molecule has 0 amide bonds. The minimum Gasteiger partial charge on any atom is -0.352 e. The predicted molar refractivity (Wildman–Crippen MR) is 116 cm³/mol. The van der Waals surface area contributed by atoms with Gasteiger partial charge >= 0.3 is 0 Å². The maximum Gasteiger partial charge on any atom is 0.259 e. The molecular formula is C20H23ClN4OS. The van der Waals surface area contributed by atoms with E-state index in [1.165, 1.54) is 0 Å². The molecule has 0 bridgehead atoms. The van der Waals surface area contributed by atoms with E-state index in [1.807, 2.05) is 36.0 Å². The molecule has 7 heteroatoms. The molecule has 0 aliphatic heterocycles. The zero-order chi connectivity index (χ0) is 19.4. The number of nitrogens with one attached hydrogen (secondary N) is 1. The van der Waals surface area contributed by atoms with Crippen molar-refractivity contribution in [2.75, 3.05) is 16.8 Å². The third kappa shape index (κ3) is 4.45. The summed E-state index contributed by atoms with van der Waals surface area (Å²) in [5.74, 6) is 2.75. The van der Waals surface area contributed by atoms with E-state index in [2.05, 4.69) is 29.1 Å². The number of halogens is 1. The van der Waals surface area contributed by atoms with E-state index in [4.69, 9.17) is 11.6 Å². The molecule has 142 valence electrons. The monoisotopic (exact) mass is 402 g/mol. The Hall–Kier alpha value is -2.05. The number of aryl methyl sites for hydroxylation is 1. The molecule has 1 atom stereocenters. The topological polar surface area (TPSA) is 59.8 Å². The number of fused-ring (bicyclic) bond motifs is 1. The van der Waals surface area contributed by atoms with Crippen LogP contribution >= 0.6 is 23.4 Å². The third-order valence-electron chi connectivity index (χ3n) is 4.39. The van der Waals surface area contributed by atoms with Crippen LogP contribution in [0.25, 0.3) is 22.2 Å². The van der Waals surface area contributed by atoms with Crippen molar-refractivity contribution in [3.63, 3.8) is 0 Å². The molecule has 0 saturated heterocycles. The lowest BCUT2D eigenvalue weighted by Gasteiger charge is -2.15. The fourth-order valence-electron chi connectivity index (χ4n) is 2.89. The lowest BCUT2D eigenvalue weighted by atomic mass is 10.1. The van der Waals surface area contributed by atoms with Crippen molar-refractivity contribution in [3.05, 3.63) is 51.9 Å². The molecule has 27 heavy (non-hydrogen) atoms. The van der Waals surface area contributed by atoms with Crippen molar-refractivity contribution in [3.8, 4) is 11.1 Å². The van der Waals surface area contributed by atoms with Gasteiger partial charge in [0.25, 0.3) is 5.56 Å². The lowest BCUT2D eigenvalue weighted by Crippen LogP contribution is -2.22. The summed E-state index contributed by atoms with van der Waals surface area (Å²) >= 11 is 8.20. The first-order valence-corrected chi connectivity index (χ1v) is 10.5. The van der Waals surface area contributed by atoms with E-state index in [0.29, 0.717) is 27.7 Å². The summed E-state index contributed by atoms with van der Waals surface area (Å²) in [5.41, 5.74) is 1.73. The standard InChI is InChI=1S/C20H23ClN4OS/c1-4-27-10-9-13(2)23-20-22-12-14-11-16(15-7-5-6-8-17(15)21)19(26)25(3)18(14)24-20/h5-8,11-13H,4,9-10H2,1-3H3,(H,22,23,24)/t13-/m1/s1. The van der Waals surface area contributed by atoms with Crippen LogP contribution in [0, 0.1) is 0 Å². The van der Waals surface area contributed by atoms with E-state index in [-0.39, 0.29) is 11.6 Å². The van der Waals surface area contributed by atoms with E-state index in [9.17, 15) is 4.79 Å². The van der Waals surface area contributed by atoms with Crippen molar-refractivity contribution >= 4 is 40.3 Å². The molecule has 0 aliphatic rings. The molecule has 0 spiro atoms. The van der Waals surface area contributed by atoms with Crippen LogP contribution in [0.15, 0.2) is 41.3 Å². The van der Waals surface area contributed by atoms with Crippen LogP contribution in [0.2, 0.25) is 5.02 Å². The van der Waals surface area contributed by atoms with Crippen LogP contribution in [0.4, 0.5) is 5.95 Å². The Morgan fingerprint density at radius 1 is 1.30 bits per heavy atom. The first-order chi connectivity index (χ1) is 13.0. The van der Waals surface area contributed by atoms with Gasteiger partial charge in [0.15, 0.2) is 0 Å². The van der Waals surface area contributed by atoms with Crippen molar-refractivity contribution in [1.29, 1.82) is 0 Å². The molecule has 2 heterocycles. The first-order valence-electron chi connectivity index (χ1n) is 8.97. The molecule has 0 saturated carbocycles. The van der Waals surface area contributed by atoms with Gasteiger partial charge in [0.1, 0.15) is 5.65 Å². The quantitative estimate of drug-likeness (QED) is 0.585. The van der Waals surface area contributed by atoms with E-state index in [1.54, 1.807) is 23.9 Å². The Kier molecular flexibility index (Phi) is 6.39. The highest BCUT2D eigenvalue weighted by molar-refractivity contribution is 7.99. The summed E-state index contributed by atoms with van der Waals surface area (Å²) in [6.07, 6.45) is 2.78. The van der Waals surface area contributed by atoms with Crippen LogP contribution in [-0.4, -0.2) is 32.1 Å². The highest BCUT2D eigenvalue weighted by atomic mass is 35.5. The summed E-state index contributed by atoms with van der Waals surface area (Å²) < 4.78 is 1.55. The van der Waals surface area contributed by atoms with Gasteiger partial charge in [-0.25, -0.2) is 4.98 Å². The second-order valence-corrected chi connectivity index (χ2v) is 8.21. The largest absolute Gasteiger partial charge is 0.352 e. The second kappa shape index (κ2) is 8.76. The van der Waals surface area contributed by atoms with E-state index < -0.39 is 0 Å². The van der Waals surface area contributed by atoms with Crippen molar-refractivity contribution in [2.24, 2.45) is 7.05 Å². The molecule has 3 rings (SSSR count). The fourth-order valence-corrected chi connectivity index (χ4v) is 3.93. The maximum atomic E-state index is 12.9. The average Bonchev–Trinajstić information content (AvgIpc) is 2.66. The van der Waals surface area contributed by atoms with Gasteiger partial charge in [0, 0.05) is 40.8 Å². The Bertz CT molecular complexity index is 1000. The Morgan fingerprint density at radius 2 is 2.07 bits per heavy atom. The van der Waals surface area contributed by atoms with Gasteiger partial charge in [0.05, 0.1) is 0 Å². The summed E-state index contributed by atoms with van der Waals surface area (Å²) in [6.45, 7) is 4.27. The Labute approximate surface area is 168 Å². The maximum absolute atomic E-state index is 12.9. The SMILES string of the molecule is CCSCC[C@@H](C)Nc1ncc2cc(-c3ccccc3Cl)c(=O)n(C)c2n1. The highest BCUT2D eigenvalue weighted by Crippen LogP contribution is 2.27. The van der Waals surface area contributed by atoms with Crippen molar-refractivity contribution < 1.29 is 0 Å². The molecule has 1 N–H and O–H groups in total. The average molecular weight is 403 g/mol. The number of anilines is 1. The van der Waals surface area contributed by atoms with Crippen molar-refractivity contribution in [1.82, 2.24) is 14.5 Å². The Morgan fingerprint density at radius 3 is 2.81 bits per heavy atom. The Balaban J connectivity index is 1.95. The van der Waals surface area contributed by atoms with E-state index in [0.717, 1.165) is 23.3 Å². The molecule has 5 nitrogen and oxygen atoms in total. The smallest absolute Gasteiger partial charge is 0.259 e. The first kappa shape index (κ1) is 19.7. The fraction of sp³-hybridized carbons (Fsp3) is 0.350. The number of rotatable bonds is 7. The van der Waals surface area contributed by atoms with Gasteiger partial charge in [-0.1, -0.05) is 36.7 Å². The minimum absolute atomic E-state index is 0.132. The highest BCUT2D eigenvalue weighted by Gasteiger charge is 2.13. The summed E-state index contributed by atoms with van der Waals surface area (Å²) in [6, 6.07) is 9.41. The van der Waals surface area contributed by atoms with Crippen LogP contribution in [0.1, 0.15) is 20.3 Å². The van der Waals surface area contributed by atoms with Gasteiger partial charge in [-0.2, -0.15) is 16.7 Å². The lowest BCUT2D eigenvalue weighted by molar-refractivity contribution is 0.759. The van der Waals surface area contributed by atoms with Crippen LogP contribution in [-0.2, 0) is 7.05 Å². The van der Waals surface area contributed by atoms with Crippen LogP contribution < -0.4 is 10.9 Å². The van der Waals surface area contributed by atoms with Gasteiger partial charge in [-0.3, -0.25) is 9.36 Å². The van der Waals surface area contributed by atoms with Crippen molar-refractivity contribution in [2.45, 2.75) is 26.3 Å². The molecular weight excluding hydrogens is 380 g/mol. The summed E-state index contributed by atoms with van der Waals surface area (Å²) in [4.78, 5) is 21.9. The number of hydrogen-bond donors (Lipinski definition) is 1. The predicted octanol–water partition coefficient (Wildman–Crippen LogP) is 4.59. The molecule has 3 aromatic rings. The number of aromatic nitrogens is 3. The molecule has 0 aliphatic carbocycles.